The number of aliphatic hydroxyl groups excluding tert-OH is 1. The summed E-state index contributed by atoms with van der Waals surface area (Å²) in [6, 6.07) is 20.4. The maximum Gasteiger partial charge on any atom is 0.217 e. The van der Waals surface area contributed by atoms with Crippen LogP contribution in [-0.4, -0.2) is 5.11 Å². The molecule has 0 atom stereocenters. The van der Waals surface area contributed by atoms with Gasteiger partial charge in [-0.15, -0.1) is 0 Å². The van der Waals surface area contributed by atoms with E-state index in [9.17, 15) is 5.11 Å². The minimum Gasteiger partial charge on any atom is -0.502 e. The zero-order chi connectivity index (χ0) is 15.8. The molecular formula is C21H18NO+. The molecule has 1 aliphatic rings. The molecule has 2 aromatic carbocycles. The van der Waals surface area contributed by atoms with Gasteiger partial charge in [0.15, 0.2) is 17.6 Å². The summed E-state index contributed by atoms with van der Waals surface area (Å²) < 4.78 is 2.01. The highest BCUT2D eigenvalue weighted by molar-refractivity contribution is 5.76. The summed E-state index contributed by atoms with van der Waals surface area (Å²) in [5.74, 6) is 0.272. The van der Waals surface area contributed by atoms with Gasteiger partial charge in [0.1, 0.15) is 0 Å². The van der Waals surface area contributed by atoms with E-state index in [0.29, 0.717) is 0 Å². The fourth-order valence-electron chi connectivity index (χ4n) is 3.20. The number of rotatable bonds is 2. The third kappa shape index (κ3) is 2.42. The maximum atomic E-state index is 10.4. The van der Waals surface area contributed by atoms with Crippen molar-refractivity contribution in [3.8, 4) is 11.1 Å². The van der Waals surface area contributed by atoms with Crippen molar-refractivity contribution in [1.29, 1.82) is 0 Å². The zero-order valence-corrected chi connectivity index (χ0v) is 13.0. The summed E-state index contributed by atoms with van der Waals surface area (Å²) in [5, 5.41) is 10.4. The minimum absolute atomic E-state index is 0.272. The van der Waals surface area contributed by atoms with Crippen LogP contribution >= 0.6 is 0 Å². The van der Waals surface area contributed by atoms with Crippen molar-refractivity contribution in [2.45, 2.75) is 13.3 Å². The van der Waals surface area contributed by atoms with E-state index in [-0.39, 0.29) is 5.76 Å². The Labute approximate surface area is 136 Å². The first-order valence-corrected chi connectivity index (χ1v) is 7.81. The van der Waals surface area contributed by atoms with Crippen molar-refractivity contribution >= 4 is 12.0 Å². The zero-order valence-electron chi connectivity index (χ0n) is 13.0. The Kier molecular flexibility index (Phi) is 3.23. The number of aryl methyl sites for hydroxylation is 1. The molecule has 2 heteroatoms. The van der Waals surface area contributed by atoms with Crippen molar-refractivity contribution < 1.29 is 9.67 Å². The molecule has 0 saturated carbocycles. The highest BCUT2D eigenvalue weighted by Gasteiger charge is 2.22. The first kappa shape index (κ1) is 13.8. The highest BCUT2D eigenvalue weighted by Crippen LogP contribution is 2.35. The third-order valence-corrected chi connectivity index (χ3v) is 4.42. The number of pyridine rings is 1. The first-order chi connectivity index (χ1) is 11.2. The Bertz CT molecular complexity index is 910. The molecule has 2 nitrogen and oxygen atoms in total. The number of aliphatic hydroxyl groups is 1. The molecule has 23 heavy (non-hydrogen) atoms. The summed E-state index contributed by atoms with van der Waals surface area (Å²) in [6.45, 7) is 2.07. The smallest absolute Gasteiger partial charge is 0.217 e. The van der Waals surface area contributed by atoms with Crippen LogP contribution in [0, 0.1) is 6.92 Å². The summed E-state index contributed by atoms with van der Waals surface area (Å²) >= 11 is 0. The lowest BCUT2D eigenvalue weighted by molar-refractivity contribution is -0.575. The molecule has 112 valence electrons. The Hall–Kier alpha value is -2.87. The topological polar surface area (TPSA) is 24.1 Å². The lowest BCUT2D eigenvalue weighted by Gasteiger charge is -2.03. The fourth-order valence-corrected chi connectivity index (χ4v) is 3.20. The monoisotopic (exact) mass is 300 g/mol. The van der Waals surface area contributed by atoms with Crippen molar-refractivity contribution in [2.75, 3.05) is 0 Å². The molecule has 1 heterocycles. The van der Waals surface area contributed by atoms with Gasteiger partial charge in [0, 0.05) is 30.5 Å². The third-order valence-electron chi connectivity index (χ3n) is 4.42. The summed E-state index contributed by atoms with van der Waals surface area (Å²) in [5.41, 5.74) is 7.23. The van der Waals surface area contributed by atoms with Gasteiger partial charge in [0.05, 0.1) is 0 Å². The maximum absolute atomic E-state index is 10.4. The molecule has 0 amide bonds. The van der Waals surface area contributed by atoms with E-state index in [1.54, 1.807) is 6.20 Å². The first-order valence-electron chi connectivity index (χ1n) is 7.81. The second-order valence-corrected chi connectivity index (χ2v) is 5.98. The number of hydrogen-bond donors (Lipinski definition) is 1. The molecule has 1 aromatic heterocycles. The second kappa shape index (κ2) is 5.40. The van der Waals surface area contributed by atoms with Crippen LogP contribution in [0.5, 0.6) is 0 Å². The number of hydrogen-bond acceptors (Lipinski definition) is 1. The predicted octanol–water partition coefficient (Wildman–Crippen LogP) is 4.37. The average molecular weight is 300 g/mol. The molecule has 0 bridgehead atoms. The standard InChI is InChI=1S/C21H17NO/c1-15-11-20-18(12-17-9-5-6-10-19(17)20)13-22(15)14-21(23)16-7-3-2-4-8-16/h2-11,13-14H,12H2,1H3/p+1/b21-14-. The van der Waals surface area contributed by atoms with E-state index in [2.05, 4.69) is 43.5 Å². The van der Waals surface area contributed by atoms with Gasteiger partial charge in [0.25, 0.3) is 0 Å². The van der Waals surface area contributed by atoms with Gasteiger partial charge < -0.3 is 5.11 Å². The van der Waals surface area contributed by atoms with Gasteiger partial charge >= 0.3 is 0 Å². The minimum atomic E-state index is 0.272. The normalized spacial score (nSPS) is 12.8. The van der Waals surface area contributed by atoms with Crippen LogP contribution < -0.4 is 4.57 Å². The van der Waals surface area contributed by atoms with Crippen LogP contribution in [-0.2, 0) is 6.42 Å². The van der Waals surface area contributed by atoms with Crippen molar-refractivity contribution in [2.24, 2.45) is 0 Å². The lowest BCUT2D eigenvalue weighted by atomic mass is 10.1. The Morgan fingerprint density at radius 2 is 1.70 bits per heavy atom. The lowest BCUT2D eigenvalue weighted by Crippen LogP contribution is -2.30. The highest BCUT2D eigenvalue weighted by atomic mass is 16.3. The summed E-state index contributed by atoms with van der Waals surface area (Å²) in [6.07, 6.45) is 4.86. The molecule has 3 aromatic rings. The number of aromatic nitrogens is 1. The van der Waals surface area contributed by atoms with Crippen molar-refractivity contribution in [3.63, 3.8) is 0 Å². The molecule has 0 unspecified atom stereocenters. The van der Waals surface area contributed by atoms with Gasteiger partial charge in [0.2, 0.25) is 6.20 Å². The average Bonchev–Trinajstić information content (AvgIpc) is 2.93. The number of benzene rings is 2. The summed E-state index contributed by atoms with van der Waals surface area (Å²) in [4.78, 5) is 0. The summed E-state index contributed by atoms with van der Waals surface area (Å²) in [7, 11) is 0. The van der Waals surface area contributed by atoms with Crippen molar-refractivity contribution in [1.82, 2.24) is 0 Å². The quantitative estimate of drug-likeness (QED) is 0.431. The Morgan fingerprint density at radius 1 is 0.957 bits per heavy atom. The van der Waals surface area contributed by atoms with E-state index in [1.807, 2.05) is 34.9 Å². The second-order valence-electron chi connectivity index (χ2n) is 5.98. The van der Waals surface area contributed by atoms with E-state index < -0.39 is 0 Å². The van der Waals surface area contributed by atoms with E-state index in [0.717, 1.165) is 17.7 Å². The fraction of sp³-hybridized carbons (Fsp3) is 0.0952. The van der Waals surface area contributed by atoms with Crippen LogP contribution in [0.3, 0.4) is 0 Å². The van der Waals surface area contributed by atoms with Gasteiger partial charge in [-0.3, -0.25) is 0 Å². The van der Waals surface area contributed by atoms with E-state index >= 15 is 0 Å². The van der Waals surface area contributed by atoms with Crippen LogP contribution in [0.25, 0.3) is 23.1 Å². The van der Waals surface area contributed by atoms with E-state index in [4.69, 9.17) is 0 Å². The van der Waals surface area contributed by atoms with Crippen molar-refractivity contribution in [3.05, 3.63) is 89.2 Å². The molecule has 4 rings (SSSR count). The van der Waals surface area contributed by atoms with Gasteiger partial charge in [-0.25, -0.2) is 0 Å². The van der Waals surface area contributed by atoms with Gasteiger partial charge in [-0.05, 0) is 16.7 Å². The molecule has 1 aliphatic carbocycles. The van der Waals surface area contributed by atoms with Crippen LogP contribution in [0.1, 0.15) is 22.4 Å². The van der Waals surface area contributed by atoms with E-state index in [1.165, 1.54) is 22.3 Å². The Morgan fingerprint density at radius 3 is 2.52 bits per heavy atom. The van der Waals surface area contributed by atoms with Crippen LogP contribution in [0.4, 0.5) is 0 Å². The van der Waals surface area contributed by atoms with Gasteiger partial charge in [-0.2, -0.15) is 4.57 Å². The SMILES string of the molecule is Cc1cc2c(c[n+]1/C=C(\O)c1ccccc1)Cc1ccccc1-2. The van der Waals surface area contributed by atoms with Crippen LogP contribution in [0.15, 0.2) is 66.9 Å². The molecule has 0 radical (unpaired) electrons. The Balaban J connectivity index is 1.77. The molecule has 0 aliphatic heterocycles. The number of fused-ring (bicyclic) bond motifs is 3. The van der Waals surface area contributed by atoms with Gasteiger partial charge in [-0.1, -0.05) is 54.6 Å². The molecule has 1 N–H and O–H groups in total. The molecule has 0 saturated heterocycles. The molecule has 0 spiro atoms. The predicted molar refractivity (Wildman–Crippen MR) is 92.9 cm³/mol. The molecular weight excluding hydrogens is 282 g/mol. The van der Waals surface area contributed by atoms with Crippen LogP contribution in [0.2, 0.25) is 0 Å². The number of nitrogens with zero attached hydrogens (tertiary/aromatic N) is 1. The molecule has 0 fully saturated rings. The largest absolute Gasteiger partial charge is 0.502 e.